The zero-order valence-electron chi connectivity index (χ0n) is 19.5. The van der Waals surface area contributed by atoms with E-state index in [1.165, 1.54) is 6.42 Å². The molecular weight excluding hydrogens is 418 g/mol. The summed E-state index contributed by atoms with van der Waals surface area (Å²) in [5, 5.41) is 8.47. The second-order valence-corrected chi connectivity index (χ2v) is 8.97. The fourth-order valence-electron chi connectivity index (χ4n) is 4.78. The van der Waals surface area contributed by atoms with Gasteiger partial charge in [-0.1, -0.05) is 6.92 Å². The number of fused-ring (bicyclic) bond motifs is 2. The van der Waals surface area contributed by atoms with Crippen molar-refractivity contribution in [2.45, 2.75) is 45.7 Å². The minimum Gasteiger partial charge on any atom is -0.486 e. The summed E-state index contributed by atoms with van der Waals surface area (Å²) in [6.45, 7) is 10.1. The van der Waals surface area contributed by atoms with Crippen molar-refractivity contribution in [3.8, 4) is 22.8 Å². The number of aromatic nitrogens is 3. The first-order valence-corrected chi connectivity index (χ1v) is 11.9. The quantitative estimate of drug-likeness (QED) is 0.619. The maximum atomic E-state index is 13.4. The van der Waals surface area contributed by atoms with Crippen molar-refractivity contribution in [3.63, 3.8) is 0 Å². The lowest BCUT2D eigenvalue weighted by Crippen LogP contribution is -2.40. The number of rotatable bonds is 6. The van der Waals surface area contributed by atoms with Crippen LogP contribution in [-0.4, -0.2) is 64.5 Å². The van der Waals surface area contributed by atoms with Gasteiger partial charge in [-0.2, -0.15) is 5.10 Å². The van der Waals surface area contributed by atoms with Crippen molar-refractivity contribution in [2.24, 2.45) is 0 Å². The largest absolute Gasteiger partial charge is 0.486 e. The molecule has 2 aliphatic heterocycles. The van der Waals surface area contributed by atoms with Crippen molar-refractivity contribution in [2.75, 3.05) is 32.8 Å². The highest BCUT2D eigenvalue weighted by atomic mass is 16.6. The van der Waals surface area contributed by atoms with Crippen LogP contribution in [-0.2, 0) is 0 Å². The highest BCUT2D eigenvalue weighted by Crippen LogP contribution is 2.35. The first-order valence-electron chi connectivity index (χ1n) is 11.9. The maximum Gasteiger partial charge on any atom is 0.252 e. The maximum absolute atomic E-state index is 13.4. The van der Waals surface area contributed by atoms with Crippen LogP contribution in [0.15, 0.2) is 30.5 Å². The van der Waals surface area contributed by atoms with E-state index in [4.69, 9.17) is 14.5 Å². The molecule has 0 aliphatic carbocycles. The summed E-state index contributed by atoms with van der Waals surface area (Å²) in [6, 6.07) is 8.16. The van der Waals surface area contributed by atoms with Crippen LogP contribution in [0.2, 0.25) is 0 Å². The van der Waals surface area contributed by atoms with Crippen molar-refractivity contribution in [3.05, 3.63) is 36.0 Å². The van der Waals surface area contributed by atoms with Crippen LogP contribution >= 0.6 is 0 Å². The van der Waals surface area contributed by atoms with Gasteiger partial charge in [0.25, 0.3) is 5.91 Å². The summed E-state index contributed by atoms with van der Waals surface area (Å²) < 4.78 is 13.3. The van der Waals surface area contributed by atoms with Gasteiger partial charge in [-0.3, -0.25) is 9.69 Å². The molecule has 8 heteroatoms. The van der Waals surface area contributed by atoms with Crippen LogP contribution in [0.4, 0.5) is 0 Å². The molecule has 2 aromatic heterocycles. The lowest BCUT2D eigenvalue weighted by molar-refractivity contribution is 0.0943. The molecule has 174 valence electrons. The first-order chi connectivity index (χ1) is 16.0. The standard InChI is InChI=1S/C25H31N5O3/c1-4-29-9-5-6-18(29)14-26-25(31)19-13-21(28-24-20(19)15-27-30(24)16(2)3)17-7-8-22-23(12-17)33-11-10-32-22/h7-8,12-13,15-16,18H,4-6,9-11,14H2,1-3H3,(H,26,31). The van der Waals surface area contributed by atoms with E-state index in [0.29, 0.717) is 48.5 Å². The van der Waals surface area contributed by atoms with Gasteiger partial charge in [-0.15, -0.1) is 0 Å². The normalized spacial score (nSPS) is 18.2. The van der Waals surface area contributed by atoms with E-state index in [1.807, 2.05) is 28.9 Å². The molecule has 1 atom stereocenters. The molecular formula is C25H31N5O3. The van der Waals surface area contributed by atoms with Crippen LogP contribution in [0.1, 0.15) is 50.0 Å². The number of benzene rings is 1. The van der Waals surface area contributed by atoms with Gasteiger partial charge in [0.1, 0.15) is 13.2 Å². The molecule has 1 fully saturated rings. The summed E-state index contributed by atoms with van der Waals surface area (Å²) in [6.07, 6.45) is 4.05. The van der Waals surface area contributed by atoms with Gasteiger partial charge < -0.3 is 14.8 Å². The van der Waals surface area contributed by atoms with E-state index >= 15 is 0 Å². The molecule has 0 saturated carbocycles. The van der Waals surface area contributed by atoms with Gasteiger partial charge in [0.15, 0.2) is 17.1 Å². The van der Waals surface area contributed by atoms with Gasteiger partial charge in [0.2, 0.25) is 0 Å². The molecule has 1 unspecified atom stereocenters. The monoisotopic (exact) mass is 449 g/mol. The van der Waals surface area contributed by atoms with Gasteiger partial charge in [0, 0.05) is 24.2 Å². The second kappa shape index (κ2) is 9.02. The Labute approximate surface area is 193 Å². The van der Waals surface area contributed by atoms with Crippen molar-refractivity contribution >= 4 is 16.9 Å². The highest BCUT2D eigenvalue weighted by molar-refractivity contribution is 6.06. The number of hydrogen-bond donors (Lipinski definition) is 1. The molecule has 0 spiro atoms. The Hall–Kier alpha value is -3.13. The van der Waals surface area contributed by atoms with Gasteiger partial charge in [-0.25, -0.2) is 9.67 Å². The van der Waals surface area contributed by atoms with E-state index in [9.17, 15) is 4.79 Å². The number of amides is 1. The fraction of sp³-hybridized carbons (Fsp3) is 0.480. The molecule has 1 N–H and O–H groups in total. The number of likely N-dealkylation sites (N-methyl/N-ethyl adjacent to an activating group) is 1. The van der Waals surface area contributed by atoms with Crippen LogP contribution < -0.4 is 14.8 Å². The molecule has 0 radical (unpaired) electrons. The Morgan fingerprint density at radius 3 is 2.82 bits per heavy atom. The van der Waals surface area contributed by atoms with E-state index in [0.717, 1.165) is 36.2 Å². The second-order valence-electron chi connectivity index (χ2n) is 8.97. The SMILES string of the molecule is CCN1CCCC1CNC(=O)c1cc(-c2ccc3c(c2)OCCO3)nc2c1cnn2C(C)C. The Morgan fingerprint density at radius 1 is 1.21 bits per heavy atom. The number of hydrogen-bond acceptors (Lipinski definition) is 6. The van der Waals surface area contributed by atoms with Crippen molar-refractivity contribution in [1.82, 2.24) is 25.0 Å². The van der Waals surface area contributed by atoms with E-state index in [1.54, 1.807) is 6.20 Å². The van der Waals surface area contributed by atoms with Gasteiger partial charge >= 0.3 is 0 Å². The molecule has 5 rings (SSSR count). The molecule has 1 amide bonds. The number of ether oxygens (including phenoxy) is 2. The Morgan fingerprint density at radius 2 is 2.03 bits per heavy atom. The molecule has 1 aromatic carbocycles. The first kappa shape index (κ1) is 21.7. The summed E-state index contributed by atoms with van der Waals surface area (Å²) >= 11 is 0. The predicted molar refractivity (Wildman–Crippen MR) is 127 cm³/mol. The molecule has 0 bridgehead atoms. The number of carbonyl (C=O) groups excluding carboxylic acids is 1. The lowest BCUT2D eigenvalue weighted by atomic mass is 10.1. The van der Waals surface area contributed by atoms with Crippen LogP contribution in [0.3, 0.4) is 0 Å². The summed E-state index contributed by atoms with van der Waals surface area (Å²) in [4.78, 5) is 20.7. The number of likely N-dealkylation sites (tertiary alicyclic amines) is 1. The number of pyridine rings is 1. The Bertz CT molecular complexity index is 1170. The molecule has 3 aromatic rings. The Kier molecular flexibility index (Phi) is 5.93. The number of carbonyl (C=O) groups is 1. The average molecular weight is 450 g/mol. The number of nitrogens with zero attached hydrogens (tertiary/aromatic N) is 4. The molecule has 2 aliphatic rings. The average Bonchev–Trinajstić information content (AvgIpc) is 3.48. The van der Waals surface area contributed by atoms with Crippen molar-refractivity contribution < 1.29 is 14.3 Å². The third-order valence-corrected chi connectivity index (χ3v) is 6.54. The van der Waals surface area contributed by atoms with E-state index < -0.39 is 0 Å². The van der Waals surface area contributed by atoms with E-state index in [2.05, 4.69) is 36.1 Å². The van der Waals surface area contributed by atoms with Gasteiger partial charge in [-0.05, 0) is 64.0 Å². The summed E-state index contributed by atoms with van der Waals surface area (Å²) in [5.41, 5.74) is 2.89. The minimum absolute atomic E-state index is 0.0903. The zero-order chi connectivity index (χ0) is 22.9. The Balaban J connectivity index is 1.51. The number of nitrogens with one attached hydrogen (secondary N) is 1. The molecule has 1 saturated heterocycles. The topological polar surface area (TPSA) is 81.5 Å². The third kappa shape index (κ3) is 4.15. The fourth-order valence-corrected chi connectivity index (χ4v) is 4.78. The lowest BCUT2D eigenvalue weighted by Gasteiger charge is -2.23. The minimum atomic E-state index is -0.0903. The predicted octanol–water partition coefficient (Wildman–Crippen LogP) is 3.66. The summed E-state index contributed by atoms with van der Waals surface area (Å²) in [7, 11) is 0. The van der Waals surface area contributed by atoms with Crippen LogP contribution in [0.5, 0.6) is 11.5 Å². The summed E-state index contributed by atoms with van der Waals surface area (Å²) in [5.74, 6) is 1.34. The third-order valence-electron chi connectivity index (χ3n) is 6.54. The van der Waals surface area contributed by atoms with Crippen LogP contribution in [0.25, 0.3) is 22.3 Å². The van der Waals surface area contributed by atoms with Crippen LogP contribution in [0, 0.1) is 0 Å². The highest BCUT2D eigenvalue weighted by Gasteiger charge is 2.25. The molecule has 8 nitrogen and oxygen atoms in total. The smallest absolute Gasteiger partial charge is 0.252 e. The van der Waals surface area contributed by atoms with Crippen molar-refractivity contribution in [1.29, 1.82) is 0 Å². The van der Waals surface area contributed by atoms with Gasteiger partial charge in [0.05, 0.1) is 22.8 Å². The zero-order valence-corrected chi connectivity index (χ0v) is 19.5. The molecule has 4 heterocycles. The molecule has 33 heavy (non-hydrogen) atoms. The van der Waals surface area contributed by atoms with E-state index in [-0.39, 0.29) is 11.9 Å².